The van der Waals surface area contributed by atoms with E-state index in [0.29, 0.717) is 30.4 Å². The molecule has 1 saturated heterocycles. The molecule has 2 bridgehead atoms. The average molecular weight is 297 g/mol. The molecule has 5 heteroatoms. The van der Waals surface area contributed by atoms with E-state index in [1.54, 1.807) is 18.2 Å². The Balaban J connectivity index is 1.54. The predicted octanol–water partition coefficient (Wildman–Crippen LogP) is 1.77. The van der Waals surface area contributed by atoms with E-state index >= 15 is 0 Å². The number of imide groups is 1. The van der Waals surface area contributed by atoms with E-state index < -0.39 is 0 Å². The van der Waals surface area contributed by atoms with Crippen molar-refractivity contribution in [2.45, 2.75) is 6.42 Å². The summed E-state index contributed by atoms with van der Waals surface area (Å²) >= 11 is 0. The van der Waals surface area contributed by atoms with Gasteiger partial charge in [-0.2, -0.15) is 0 Å². The molecule has 1 saturated carbocycles. The van der Waals surface area contributed by atoms with Crippen LogP contribution in [0.15, 0.2) is 30.4 Å². The van der Waals surface area contributed by atoms with Crippen molar-refractivity contribution in [3.63, 3.8) is 0 Å². The van der Waals surface area contributed by atoms with Crippen LogP contribution in [0.2, 0.25) is 0 Å². The van der Waals surface area contributed by atoms with Gasteiger partial charge in [-0.25, -0.2) is 4.90 Å². The summed E-state index contributed by atoms with van der Waals surface area (Å²) in [6.45, 7) is 1.00. The molecule has 4 aliphatic rings. The Morgan fingerprint density at radius 1 is 0.909 bits per heavy atom. The monoisotopic (exact) mass is 297 g/mol. The van der Waals surface area contributed by atoms with Gasteiger partial charge in [0.15, 0.2) is 11.5 Å². The third-order valence-corrected chi connectivity index (χ3v) is 5.25. The molecule has 2 heterocycles. The molecule has 2 amide bonds. The number of benzene rings is 1. The summed E-state index contributed by atoms with van der Waals surface area (Å²) in [5.41, 5.74) is 0.591. The highest BCUT2D eigenvalue weighted by Gasteiger charge is 2.59. The lowest BCUT2D eigenvalue weighted by molar-refractivity contribution is -0.123. The van der Waals surface area contributed by atoms with Gasteiger partial charge in [-0.05, 0) is 30.4 Å². The van der Waals surface area contributed by atoms with Crippen LogP contribution in [0.5, 0.6) is 11.5 Å². The molecule has 22 heavy (non-hydrogen) atoms. The number of hydrogen-bond donors (Lipinski definition) is 0. The first-order chi connectivity index (χ1) is 10.7. The van der Waals surface area contributed by atoms with Crippen LogP contribution in [-0.4, -0.2) is 25.0 Å². The standard InChI is InChI=1S/C17H15NO4/c19-16-14-9-1-2-10(7-9)15(14)17(20)18(16)11-3-4-12-13(8-11)22-6-5-21-12/h1-4,8-10,14-15H,5-7H2/t9-,10-,14-,15-/m0/s1. The zero-order valence-electron chi connectivity index (χ0n) is 11.9. The van der Waals surface area contributed by atoms with Gasteiger partial charge in [-0.3, -0.25) is 9.59 Å². The van der Waals surface area contributed by atoms with Gasteiger partial charge < -0.3 is 9.47 Å². The maximum atomic E-state index is 12.8. The molecule has 5 rings (SSSR count). The first-order valence-electron chi connectivity index (χ1n) is 7.70. The van der Waals surface area contributed by atoms with E-state index in [1.807, 2.05) is 0 Å². The Labute approximate surface area is 127 Å². The number of carbonyl (C=O) groups excluding carboxylic acids is 2. The van der Waals surface area contributed by atoms with E-state index in [0.717, 1.165) is 6.42 Å². The minimum atomic E-state index is -0.171. The van der Waals surface area contributed by atoms with Gasteiger partial charge in [0, 0.05) is 6.07 Å². The van der Waals surface area contributed by atoms with Gasteiger partial charge in [0.05, 0.1) is 17.5 Å². The molecule has 4 atom stereocenters. The van der Waals surface area contributed by atoms with Gasteiger partial charge >= 0.3 is 0 Å². The summed E-state index contributed by atoms with van der Waals surface area (Å²) in [6.07, 6.45) is 5.15. The number of allylic oxidation sites excluding steroid dienone is 2. The third-order valence-electron chi connectivity index (χ3n) is 5.25. The Morgan fingerprint density at radius 2 is 1.55 bits per heavy atom. The molecule has 2 fully saturated rings. The van der Waals surface area contributed by atoms with Crippen LogP contribution in [0, 0.1) is 23.7 Å². The summed E-state index contributed by atoms with van der Waals surface area (Å²) in [7, 11) is 0. The fourth-order valence-corrected chi connectivity index (χ4v) is 4.33. The van der Waals surface area contributed by atoms with E-state index in [1.165, 1.54) is 4.90 Å². The number of amides is 2. The number of hydrogen-bond acceptors (Lipinski definition) is 4. The SMILES string of the molecule is O=C1[C@@H]2[C@@H](C(=O)N1c1ccc3c(c1)OCCO3)[C@H]1C=C[C@H]2C1. The quantitative estimate of drug-likeness (QED) is 0.585. The molecular weight excluding hydrogens is 282 g/mol. The second-order valence-electron chi connectivity index (χ2n) is 6.34. The fourth-order valence-electron chi connectivity index (χ4n) is 4.33. The van der Waals surface area contributed by atoms with Crippen LogP contribution in [0.4, 0.5) is 5.69 Å². The molecule has 0 spiro atoms. The molecular formula is C17H15NO4. The van der Waals surface area contributed by atoms with E-state index in [2.05, 4.69) is 12.2 Å². The van der Waals surface area contributed by atoms with Crippen LogP contribution in [0.25, 0.3) is 0 Å². The Morgan fingerprint density at radius 3 is 2.23 bits per heavy atom. The zero-order chi connectivity index (χ0) is 14.8. The number of fused-ring (bicyclic) bond motifs is 6. The molecule has 2 aliphatic carbocycles. The number of carbonyl (C=O) groups is 2. The first kappa shape index (κ1) is 12.3. The van der Waals surface area contributed by atoms with Gasteiger partial charge in [0.1, 0.15) is 13.2 Å². The van der Waals surface area contributed by atoms with Crippen LogP contribution in [0.3, 0.4) is 0 Å². The molecule has 0 aromatic heterocycles. The van der Waals surface area contributed by atoms with Crippen molar-refractivity contribution in [2.24, 2.45) is 23.7 Å². The maximum Gasteiger partial charge on any atom is 0.238 e. The van der Waals surface area contributed by atoms with Crippen molar-refractivity contribution in [1.82, 2.24) is 0 Å². The van der Waals surface area contributed by atoms with Crippen molar-refractivity contribution in [3.8, 4) is 11.5 Å². The number of ether oxygens (including phenoxy) is 2. The van der Waals surface area contributed by atoms with E-state index in [4.69, 9.17) is 9.47 Å². The first-order valence-corrected chi connectivity index (χ1v) is 7.70. The Bertz CT molecular complexity index is 695. The second-order valence-corrected chi connectivity index (χ2v) is 6.34. The molecule has 2 aliphatic heterocycles. The van der Waals surface area contributed by atoms with Crippen LogP contribution in [0.1, 0.15) is 6.42 Å². The largest absolute Gasteiger partial charge is 0.486 e. The summed E-state index contributed by atoms with van der Waals surface area (Å²) in [5.74, 6) is 1.25. The average Bonchev–Trinajstić information content (AvgIpc) is 3.21. The minimum Gasteiger partial charge on any atom is -0.486 e. The normalized spacial score (nSPS) is 34.5. The van der Waals surface area contributed by atoms with Crippen molar-refractivity contribution >= 4 is 17.5 Å². The maximum absolute atomic E-state index is 12.8. The lowest BCUT2D eigenvalue weighted by Crippen LogP contribution is -2.33. The summed E-state index contributed by atoms with van der Waals surface area (Å²) in [6, 6.07) is 5.27. The van der Waals surface area contributed by atoms with Crippen LogP contribution in [-0.2, 0) is 9.59 Å². The topological polar surface area (TPSA) is 55.8 Å². The smallest absolute Gasteiger partial charge is 0.238 e. The summed E-state index contributed by atoms with van der Waals surface area (Å²) in [4.78, 5) is 26.9. The van der Waals surface area contributed by atoms with Crippen molar-refractivity contribution in [2.75, 3.05) is 18.1 Å². The van der Waals surface area contributed by atoms with E-state index in [-0.39, 0.29) is 35.5 Å². The Kier molecular flexibility index (Phi) is 2.30. The Hall–Kier alpha value is -2.30. The summed E-state index contributed by atoms with van der Waals surface area (Å²) < 4.78 is 11.0. The van der Waals surface area contributed by atoms with Gasteiger partial charge in [-0.15, -0.1) is 0 Å². The van der Waals surface area contributed by atoms with Gasteiger partial charge in [0.2, 0.25) is 11.8 Å². The summed E-state index contributed by atoms with van der Waals surface area (Å²) in [5, 5.41) is 0. The number of rotatable bonds is 1. The molecule has 0 radical (unpaired) electrons. The molecule has 1 aromatic carbocycles. The zero-order valence-corrected chi connectivity index (χ0v) is 11.9. The molecule has 0 unspecified atom stereocenters. The highest BCUT2D eigenvalue weighted by atomic mass is 16.6. The molecule has 112 valence electrons. The van der Waals surface area contributed by atoms with Gasteiger partial charge in [-0.1, -0.05) is 12.2 Å². The third kappa shape index (κ3) is 1.43. The van der Waals surface area contributed by atoms with Gasteiger partial charge in [0.25, 0.3) is 0 Å². The fraction of sp³-hybridized carbons (Fsp3) is 0.412. The lowest BCUT2D eigenvalue weighted by Gasteiger charge is -2.22. The highest BCUT2D eigenvalue weighted by Crippen LogP contribution is 2.53. The molecule has 0 N–H and O–H groups in total. The second kappa shape index (κ2) is 4.12. The predicted molar refractivity (Wildman–Crippen MR) is 77.6 cm³/mol. The lowest BCUT2D eigenvalue weighted by atomic mass is 9.85. The molecule has 1 aromatic rings. The van der Waals surface area contributed by atoms with Crippen LogP contribution < -0.4 is 14.4 Å². The van der Waals surface area contributed by atoms with E-state index in [9.17, 15) is 9.59 Å². The molecule has 5 nitrogen and oxygen atoms in total. The van der Waals surface area contributed by atoms with Crippen LogP contribution >= 0.6 is 0 Å². The van der Waals surface area contributed by atoms with Crippen molar-refractivity contribution in [3.05, 3.63) is 30.4 Å². The number of anilines is 1. The highest BCUT2D eigenvalue weighted by molar-refractivity contribution is 6.22. The van der Waals surface area contributed by atoms with Crippen molar-refractivity contribution < 1.29 is 19.1 Å². The number of nitrogens with zero attached hydrogens (tertiary/aromatic N) is 1. The van der Waals surface area contributed by atoms with Crippen molar-refractivity contribution in [1.29, 1.82) is 0 Å². The minimum absolute atomic E-state index is 0.0662.